The van der Waals surface area contributed by atoms with Crippen LogP contribution in [0.5, 0.6) is 0 Å². The minimum Gasteiger partial charge on any atom is -0.481 e. The van der Waals surface area contributed by atoms with Gasteiger partial charge in [-0.2, -0.15) is 0 Å². The zero-order valence-electron chi connectivity index (χ0n) is 14.2. The highest BCUT2D eigenvalue weighted by Crippen LogP contribution is 2.38. The summed E-state index contributed by atoms with van der Waals surface area (Å²) in [5.41, 5.74) is 1.90. The molecule has 0 unspecified atom stereocenters. The summed E-state index contributed by atoms with van der Waals surface area (Å²) in [5.74, 6) is -1.10. The van der Waals surface area contributed by atoms with E-state index in [1.54, 1.807) is 6.20 Å². The zero-order valence-corrected chi connectivity index (χ0v) is 14.2. The largest absolute Gasteiger partial charge is 0.481 e. The maximum absolute atomic E-state index is 12.8. The van der Waals surface area contributed by atoms with E-state index in [2.05, 4.69) is 16.0 Å². The van der Waals surface area contributed by atoms with Gasteiger partial charge >= 0.3 is 5.97 Å². The number of carbonyl (C=O) groups is 1. The van der Waals surface area contributed by atoms with Crippen LogP contribution in [0.1, 0.15) is 30.4 Å². The lowest BCUT2D eigenvalue weighted by atomic mass is 9.75. The van der Waals surface area contributed by atoms with Crippen LogP contribution in [0, 0.1) is 12.3 Å². The van der Waals surface area contributed by atoms with Crippen molar-refractivity contribution in [2.75, 3.05) is 13.1 Å². The molecule has 0 amide bonds. The number of rotatable bonds is 5. The van der Waals surface area contributed by atoms with E-state index in [-0.39, 0.29) is 12.8 Å². The highest BCUT2D eigenvalue weighted by molar-refractivity contribution is 5.84. The van der Waals surface area contributed by atoms with Crippen molar-refractivity contribution in [3.05, 3.63) is 41.6 Å². The average Bonchev–Trinajstić information content (AvgIpc) is 2.59. The van der Waals surface area contributed by atoms with Crippen LogP contribution in [-0.2, 0) is 11.3 Å². The second-order valence-corrected chi connectivity index (χ2v) is 6.90. The summed E-state index contributed by atoms with van der Waals surface area (Å²) in [6.07, 6.45) is -0.883. The number of carboxylic acid groups (broad SMARTS) is 1. The van der Waals surface area contributed by atoms with Crippen molar-refractivity contribution in [2.24, 2.45) is 5.41 Å². The molecule has 3 rings (SSSR count). The van der Waals surface area contributed by atoms with Gasteiger partial charge in [0.2, 0.25) is 6.43 Å². The predicted octanol–water partition coefficient (Wildman–Crippen LogP) is 3.87. The Morgan fingerprint density at radius 1 is 1.32 bits per heavy atom. The summed E-state index contributed by atoms with van der Waals surface area (Å²) in [6, 6.07) is 8.05. The van der Waals surface area contributed by atoms with Crippen LogP contribution in [0.15, 0.2) is 30.5 Å². The molecule has 0 aliphatic carbocycles. The van der Waals surface area contributed by atoms with Crippen LogP contribution >= 0.6 is 0 Å². The van der Waals surface area contributed by atoms with Crippen molar-refractivity contribution in [3.8, 4) is 0 Å². The molecule has 1 aromatic heterocycles. The smallest absolute Gasteiger partial charge is 0.309 e. The number of halogens is 2. The number of fused-ring (bicyclic) bond motifs is 1. The third-order valence-corrected chi connectivity index (χ3v) is 5.28. The number of hydrogen-bond donors (Lipinski definition) is 1. The predicted molar refractivity (Wildman–Crippen MR) is 91.7 cm³/mol. The van der Waals surface area contributed by atoms with Gasteiger partial charge in [0, 0.05) is 24.5 Å². The van der Waals surface area contributed by atoms with Gasteiger partial charge in [0.05, 0.1) is 10.9 Å². The fraction of sp³-hybridized carbons (Fsp3) is 0.474. The lowest BCUT2D eigenvalue weighted by Gasteiger charge is -2.38. The summed E-state index contributed by atoms with van der Waals surface area (Å²) in [7, 11) is 0. The molecule has 1 saturated heterocycles. The molecule has 2 aromatic rings. The van der Waals surface area contributed by atoms with Crippen LogP contribution in [0.3, 0.4) is 0 Å². The Balaban J connectivity index is 1.75. The number of pyridine rings is 1. The number of carboxylic acids is 1. The molecule has 1 aromatic carbocycles. The zero-order chi connectivity index (χ0) is 18.0. The number of aromatic nitrogens is 1. The summed E-state index contributed by atoms with van der Waals surface area (Å²) >= 11 is 0. The fourth-order valence-electron chi connectivity index (χ4n) is 3.68. The van der Waals surface area contributed by atoms with Gasteiger partial charge in [0.1, 0.15) is 0 Å². The van der Waals surface area contributed by atoms with Crippen molar-refractivity contribution in [2.45, 2.75) is 39.2 Å². The van der Waals surface area contributed by atoms with Crippen molar-refractivity contribution in [3.63, 3.8) is 0 Å². The van der Waals surface area contributed by atoms with Crippen LogP contribution < -0.4 is 0 Å². The lowest BCUT2D eigenvalue weighted by molar-refractivity contribution is -0.155. The molecule has 2 heterocycles. The van der Waals surface area contributed by atoms with E-state index in [1.165, 1.54) is 0 Å². The molecular formula is C19H22F2N2O2. The Morgan fingerprint density at radius 3 is 2.68 bits per heavy atom. The van der Waals surface area contributed by atoms with Crippen molar-refractivity contribution in [1.29, 1.82) is 0 Å². The Labute approximate surface area is 145 Å². The number of aliphatic carboxylic acids is 1. The standard InChI is InChI=1S/C19H22F2N2O2/c1-13-4-5-14(17-15(13)3-2-8-22-17)12-23-9-6-19(7-10-23,18(24)25)11-16(20)21/h2-5,8,16H,6-7,9-12H2,1H3,(H,24,25). The van der Waals surface area contributed by atoms with Gasteiger partial charge < -0.3 is 5.11 Å². The normalized spacial score (nSPS) is 17.9. The van der Waals surface area contributed by atoms with Gasteiger partial charge in [-0.1, -0.05) is 18.2 Å². The van der Waals surface area contributed by atoms with Crippen LogP contribution in [0.25, 0.3) is 10.9 Å². The summed E-state index contributed by atoms with van der Waals surface area (Å²) in [6.45, 7) is 3.70. The minimum atomic E-state index is -2.59. The first-order valence-electron chi connectivity index (χ1n) is 8.48. The maximum Gasteiger partial charge on any atom is 0.309 e. The van der Waals surface area contributed by atoms with Crippen LogP contribution in [0.2, 0.25) is 0 Å². The van der Waals surface area contributed by atoms with Crippen molar-refractivity contribution < 1.29 is 18.7 Å². The second kappa shape index (κ2) is 7.04. The molecule has 1 aliphatic heterocycles. The van der Waals surface area contributed by atoms with Crippen molar-refractivity contribution >= 4 is 16.9 Å². The lowest BCUT2D eigenvalue weighted by Crippen LogP contribution is -2.45. The quantitative estimate of drug-likeness (QED) is 0.891. The fourth-order valence-corrected chi connectivity index (χ4v) is 3.68. The average molecular weight is 348 g/mol. The molecule has 1 N–H and O–H groups in total. The third-order valence-electron chi connectivity index (χ3n) is 5.28. The van der Waals surface area contributed by atoms with Gasteiger partial charge in [-0.05, 0) is 50.0 Å². The molecule has 0 spiro atoms. The van der Waals surface area contributed by atoms with E-state index in [9.17, 15) is 18.7 Å². The van der Waals surface area contributed by atoms with Gasteiger partial charge in [0.25, 0.3) is 0 Å². The first-order valence-corrected chi connectivity index (χ1v) is 8.48. The number of aryl methyl sites for hydroxylation is 1. The highest BCUT2D eigenvalue weighted by atomic mass is 19.3. The second-order valence-electron chi connectivity index (χ2n) is 6.90. The summed E-state index contributed by atoms with van der Waals surface area (Å²) in [5, 5.41) is 10.5. The molecule has 0 atom stereocenters. The molecule has 0 bridgehead atoms. The molecule has 6 heteroatoms. The number of likely N-dealkylation sites (tertiary alicyclic amines) is 1. The number of benzene rings is 1. The molecule has 1 aliphatic rings. The highest BCUT2D eigenvalue weighted by Gasteiger charge is 2.43. The van der Waals surface area contributed by atoms with Crippen molar-refractivity contribution in [1.82, 2.24) is 9.88 Å². The van der Waals surface area contributed by atoms with E-state index in [0.29, 0.717) is 19.6 Å². The van der Waals surface area contributed by atoms with Crippen LogP contribution in [0.4, 0.5) is 8.78 Å². The molecule has 134 valence electrons. The van der Waals surface area contributed by atoms with Gasteiger partial charge in [0.15, 0.2) is 0 Å². The van der Waals surface area contributed by atoms with E-state index < -0.39 is 24.2 Å². The molecule has 0 saturated carbocycles. The van der Waals surface area contributed by atoms with E-state index >= 15 is 0 Å². The summed E-state index contributed by atoms with van der Waals surface area (Å²) in [4.78, 5) is 18.1. The van der Waals surface area contributed by atoms with E-state index in [0.717, 1.165) is 22.0 Å². The number of piperidine rings is 1. The van der Waals surface area contributed by atoms with Gasteiger partial charge in [-0.25, -0.2) is 8.78 Å². The SMILES string of the molecule is Cc1ccc(CN2CCC(CC(F)F)(C(=O)O)CC2)c2ncccc12. The Kier molecular flexibility index (Phi) is 4.99. The molecule has 25 heavy (non-hydrogen) atoms. The monoisotopic (exact) mass is 348 g/mol. The first-order chi connectivity index (χ1) is 11.9. The maximum atomic E-state index is 12.8. The Morgan fingerprint density at radius 2 is 2.04 bits per heavy atom. The summed E-state index contributed by atoms with van der Waals surface area (Å²) < 4.78 is 25.6. The Hall–Kier alpha value is -2.08. The molecule has 1 fully saturated rings. The van der Waals surface area contributed by atoms with Gasteiger partial charge in [-0.15, -0.1) is 0 Å². The molecule has 0 radical (unpaired) electrons. The van der Waals surface area contributed by atoms with Crippen LogP contribution in [-0.4, -0.2) is 40.5 Å². The number of nitrogens with zero attached hydrogens (tertiary/aromatic N) is 2. The minimum absolute atomic E-state index is 0.254. The Bertz CT molecular complexity index is 771. The van der Waals surface area contributed by atoms with E-state index in [1.807, 2.05) is 25.1 Å². The van der Waals surface area contributed by atoms with E-state index in [4.69, 9.17) is 0 Å². The number of alkyl halides is 2. The molecular weight excluding hydrogens is 326 g/mol. The van der Waals surface area contributed by atoms with Gasteiger partial charge in [-0.3, -0.25) is 14.7 Å². The topological polar surface area (TPSA) is 53.4 Å². The third kappa shape index (κ3) is 3.63. The first kappa shape index (κ1) is 17.7. The number of hydrogen-bond acceptors (Lipinski definition) is 3. The molecule has 4 nitrogen and oxygen atoms in total.